The van der Waals surface area contributed by atoms with E-state index in [-0.39, 0.29) is 0 Å². The topological polar surface area (TPSA) is 12.5 Å². The Kier molecular flexibility index (Phi) is 8.47. The summed E-state index contributed by atoms with van der Waals surface area (Å²) in [5.41, 5.74) is 22.2. The summed E-state index contributed by atoms with van der Waals surface area (Å²) in [4.78, 5) is 2.36. The van der Waals surface area contributed by atoms with Crippen LogP contribution in [0.15, 0.2) is 237 Å². The highest BCUT2D eigenvalue weighted by atomic mass is 16.5. The van der Waals surface area contributed by atoms with Crippen molar-refractivity contribution in [1.29, 1.82) is 0 Å². The molecular formula is C63H41NO. The van der Waals surface area contributed by atoms with Crippen molar-refractivity contribution in [3.8, 4) is 67.1 Å². The van der Waals surface area contributed by atoms with Crippen LogP contribution in [0.5, 0.6) is 11.5 Å². The number of ether oxygens (including phenoxy) is 1. The number of benzene rings is 10. The molecule has 0 bridgehead atoms. The van der Waals surface area contributed by atoms with E-state index in [1.54, 1.807) is 0 Å². The molecule has 0 saturated heterocycles. The molecule has 304 valence electrons. The maximum Gasteiger partial charge on any atom is 0.135 e. The number of hydrogen-bond donors (Lipinski definition) is 0. The Hall–Kier alpha value is -8.46. The third-order valence-corrected chi connectivity index (χ3v) is 13.7. The molecule has 0 fully saturated rings. The molecule has 0 atom stereocenters. The molecule has 10 aromatic carbocycles. The van der Waals surface area contributed by atoms with E-state index in [1.807, 2.05) is 6.07 Å². The van der Waals surface area contributed by atoms with Crippen LogP contribution in [0.4, 0.5) is 17.1 Å². The maximum atomic E-state index is 6.68. The minimum atomic E-state index is -0.476. The molecule has 0 amide bonds. The lowest BCUT2D eigenvalue weighted by molar-refractivity contribution is 0.488. The van der Waals surface area contributed by atoms with Crippen molar-refractivity contribution in [1.82, 2.24) is 0 Å². The number of hydrogen-bond acceptors (Lipinski definition) is 2. The smallest absolute Gasteiger partial charge is 0.135 e. The molecule has 3 aliphatic rings. The van der Waals surface area contributed by atoms with Crippen LogP contribution in [0.25, 0.3) is 67.8 Å². The Morgan fingerprint density at radius 2 is 0.738 bits per heavy atom. The summed E-state index contributed by atoms with van der Waals surface area (Å²) in [5, 5.41) is 0. The van der Waals surface area contributed by atoms with E-state index >= 15 is 0 Å². The van der Waals surface area contributed by atoms with Gasteiger partial charge in [0, 0.05) is 28.2 Å². The number of rotatable bonds is 5. The van der Waals surface area contributed by atoms with E-state index < -0.39 is 5.41 Å². The van der Waals surface area contributed by atoms with Gasteiger partial charge in [-0.3, -0.25) is 0 Å². The van der Waals surface area contributed by atoms with Crippen LogP contribution in [0.1, 0.15) is 33.4 Å². The second-order valence-corrected chi connectivity index (χ2v) is 17.2. The first kappa shape index (κ1) is 37.1. The monoisotopic (exact) mass is 827 g/mol. The van der Waals surface area contributed by atoms with Gasteiger partial charge in [0.15, 0.2) is 0 Å². The van der Waals surface area contributed by atoms with E-state index in [4.69, 9.17) is 4.74 Å². The van der Waals surface area contributed by atoms with Crippen molar-refractivity contribution >= 4 is 29.2 Å². The summed E-state index contributed by atoms with van der Waals surface area (Å²) in [7, 11) is 0. The second kappa shape index (κ2) is 14.8. The van der Waals surface area contributed by atoms with Gasteiger partial charge in [0.05, 0.1) is 5.41 Å². The summed E-state index contributed by atoms with van der Waals surface area (Å²) in [6, 6.07) is 86.2. The third-order valence-electron chi connectivity index (χ3n) is 13.7. The quantitative estimate of drug-likeness (QED) is 0.171. The van der Waals surface area contributed by atoms with Gasteiger partial charge in [-0.25, -0.2) is 0 Å². The Morgan fingerprint density at radius 1 is 0.277 bits per heavy atom. The number of fused-ring (bicyclic) bond motifs is 14. The first-order valence-corrected chi connectivity index (χ1v) is 22.4. The summed E-state index contributed by atoms with van der Waals surface area (Å²) >= 11 is 0. The molecule has 1 heterocycles. The number of para-hydroxylation sites is 1. The minimum Gasteiger partial charge on any atom is -0.456 e. The molecule has 0 aromatic heterocycles. The van der Waals surface area contributed by atoms with E-state index in [2.05, 4.69) is 248 Å². The van der Waals surface area contributed by atoms with Crippen LogP contribution in [-0.4, -0.2) is 0 Å². The van der Waals surface area contributed by atoms with Gasteiger partial charge in [0.1, 0.15) is 11.5 Å². The standard InChI is InChI=1S/C63H41NO/c1-2-14-42(15-3-1)43-28-33-48(34-29-43)64(50-37-39-62-56(41-50)52-19-7-6-18-51(52)55-21-9-13-25-61(55)65-62)49-35-30-44(31-36-49)47-32-38-54-53-20-8-12-24-59(53)63(60(54)40-47)57-22-10-4-16-45(57)26-27-46-17-5-11-23-58(46)63/h1-41H. The van der Waals surface area contributed by atoms with E-state index in [0.717, 1.165) is 56.4 Å². The Morgan fingerprint density at radius 3 is 1.42 bits per heavy atom. The van der Waals surface area contributed by atoms with Crippen molar-refractivity contribution in [3.63, 3.8) is 0 Å². The van der Waals surface area contributed by atoms with Crippen LogP contribution in [0.3, 0.4) is 0 Å². The largest absolute Gasteiger partial charge is 0.456 e. The van der Waals surface area contributed by atoms with Crippen molar-refractivity contribution in [2.24, 2.45) is 0 Å². The molecular weight excluding hydrogens is 787 g/mol. The number of anilines is 3. The SMILES string of the molecule is C1=Cc2ccccc2C2(c3ccccc31)c1ccccc1-c1ccc(-c3ccc(N(c4ccc(-c5ccccc5)cc4)c4ccc5c(c4)-c4ccccc4-c4ccccc4O5)cc3)cc12. The highest BCUT2D eigenvalue weighted by Crippen LogP contribution is 2.59. The van der Waals surface area contributed by atoms with Crippen LogP contribution in [-0.2, 0) is 5.41 Å². The Balaban J connectivity index is 0.950. The average Bonchev–Trinajstić information content (AvgIpc) is 3.47. The third kappa shape index (κ3) is 5.81. The Bertz CT molecular complexity index is 3460. The average molecular weight is 828 g/mol. The highest BCUT2D eigenvalue weighted by Gasteiger charge is 2.48. The van der Waals surface area contributed by atoms with Gasteiger partial charge in [-0.2, -0.15) is 0 Å². The molecule has 0 N–H and O–H groups in total. The summed E-state index contributed by atoms with van der Waals surface area (Å²) in [6.45, 7) is 0. The van der Waals surface area contributed by atoms with Gasteiger partial charge in [-0.05, 0) is 132 Å². The van der Waals surface area contributed by atoms with Crippen LogP contribution >= 0.6 is 0 Å². The molecule has 65 heavy (non-hydrogen) atoms. The van der Waals surface area contributed by atoms with Gasteiger partial charge < -0.3 is 9.64 Å². The van der Waals surface area contributed by atoms with Crippen molar-refractivity contribution in [2.45, 2.75) is 5.41 Å². The molecule has 10 aromatic rings. The fourth-order valence-electron chi connectivity index (χ4n) is 10.8. The zero-order valence-corrected chi connectivity index (χ0v) is 35.5. The Labute approximate surface area is 379 Å². The maximum absolute atomic E-state index is 6.68. The summed E-state index contributed by atoms with van der Waals surface area (Å²) < 4.78 is 6.68. The van der Waals surface area contributed by atoms with Gasteiger partial charge in [-0.15, -0.1) is 0 Å². The zero-order valence-electron chi connectivity index (χ0n) is 35.5. The minimum absolute atomic E-state index is 0.476. The lowest BCUT2D eigenvalue weighted by Gasteiger charge is -2.35. The van der Waals surface area contributed by atoms with E-state index in [1.165, 1.54) is 61.2 Å². The summed E-state index contributed by atoms with van der Waals surface area (Å²) in [5.74, 6) is 1.70. The second-order valence-electron chi connectivity index (χ2n) is 17.2. The highest BCUT2D eigenvalue weighted by molar-refractivity contribution is 5.95. The van der Waals surface area contributed by atoms with Gasteiger partial charge in [0.2, 0.25) is 0 Å². The van der Waals surface area contributed by atoms with Crippen molar-refractivity contribution < 1.29 is 4.74 Å². The predicted octanol–water partition coefficient (Wildman–Crippen LogP) is 16.8. The van der Waals surface area contributed by atoms with Crippen LogP contribution < -0.4 is 9.64 Å². The predicted molar refractivity (Wildman–Crippen MR) is 269 cm³/mol. The summed E-state index contributed by atoms with van der Waals surface area (Å²) in [6.07, 6.45) is 4.59. The molecule has 0 radical (unpaired) electrons. The van der Waals surface area contributed by atoms with E-state index in [0.29, 0.717) is 0 Å². The fourth-order valence-corrected chi connectivity index (χ4v) is 10.8. The van der Waals surface area contributed by atoms with Crippen molar-refractivity contribution in [2.75, 3.05) is 4.90 Å². The van der Waals surface area contributed by atoms with E-state index in [9.17, 15) is 0 Å². The first-order valence-electron chi connectivity index (χ1n) is 22.4. The molecule has 2 aliphatic carbocycles. The van der Waals surface area contributed by atoms with Gasteiger partial charge >= 0.3 is 0 Å². The zero-order chi connectivity index (χ0) is 42.9. The van der Waals surface area contributed by atoms with Crippen LogP contribution in [0.2, 0.25) is 0 Å². The molecule has 13 rings (SSSR count). The first-order chi connectivity index (χ1) is 32.2. The lowest BCUT2D eigenvalue weighted by atomic mass is 9.66. The molecule has 1 aliphatic heterocycles. The van der Waals surface area contributed by atoms with Crippen molar-refractivity contribution in [3.05, 3.63) is 270 Å². The molecule has 0 saturated carbocycles. The normalized spacial score (nSPS) is 13.1. The lowest BCUT2D eigenvalue weighted by Crippen LogP contribution is -2.29. The molecule has 1 spiro atoms. The van der Waals surface area contributed by atoms with Crippen LogP contribution in [0, 0.1) is 0 Å². The fraction of sp³-hybridized carbons (Fsp3) is 0.0159. The van der Waals surface area contributed by atoms with Gasteiger partial charge in [0.25, 0.3) is 0 Å². The number of nitrogens with zero attached hydrogens (tertiary/aromatic N) is 1. The van der Waals surface area contributed by atoms with Gasteiger partial charge in [-0.1, -0.05) is 194 Å². The molecule has 2 nitrogen and oxygen atoms in total. The molecule has 2 heteroatoms. The molecule has 0 unspecified atom stereocenters.